The number of aliphatic hydroxyl groups is 1. The molecule has 0 saturated carbocycles. The lowest BCUT2D eigenvalue weighted by molar-refractivity contribution is 0.186. The predicted molar refractivity (Wildman–Crippen MR) is 58.8 cm³/mol. The van der Waals surface area contributed by atoms with E-state index in [1.807, 2.05) is 6.92 Å². The molecule has 1 N–H and O–H groups in total. The lowest BCUT2D eigenvalue weighted by Crippen LogP contribution is -1.96. The fourth-order valence-corrected chi connectivity index (χ4v) is 1.26. The summed E-state index contributed by atoms with van der Waals surface area (Å²) in [5.41, 5.74) is 0. The first-order chi connectivity index (χ1) is 6.27. The third kappa shape index (κ3) is 11.7. The van der Waals surface area contributed by atoms with Crippen LogP contribution in [0, 0.1) is 0 Å². The molecule has 0 spiro atoms. The Morgan fingerprint density at radius 3 is 2.38 bits per heavy atom. The van der Waals surface area contributed by atoms with Gasteiger partial charge in [-0.2, -0.15) is 0 Å². The smallest absolute Gasteiger partial charge is 0.0515 e. The summed E-state index contributed by atoms with van der Waals surface area (Å²) < 4.78 is 0. The molecule has 13 heavy (non-hydrogen) atoms. The molecule has 0 bridgehead atoms. The molecule has 0 aromatic heterocycles. The van der Waals surface area contributed by atoms with Crippen LogP contribution in [-0.2, 0) is 0 Å². The Morgan fingerprint density at radius 2 is 1.77 bits per heavy atom. The molecule has 0 aliphatic heterocycles. The number of aliphatic hydroxyl groups excluding tert-OH is 1. The predicted octanol–water partition coefficient (Wildman–Crippen LogP) is 3.67. The molecule has 0 aromatic carbocycles. The van der Waals surface area contributed by atoms with Gasteiger partial charge in [0.25, 0.3) is 0 Å². The van der Waals surface area contributed by atoms with E-state index in [-0.39, 0.29) is 6.10 Å². The summed E-state index contributed by atoms with van der Waals surface area (Å²) in [5.74, 6) is 0. The number of allylic oxidation sites excluding steroid dienone is 2. The lowest BCUT2D eigenvalue weighted by atomic mass is 10.1. The molecule has 0 rings (SSSR count). The summed E-state index contributed by atoms with van der Waals surface area (Å²) in [5, 5.41) is 8.99. The second-order valence-corrected chi connectivity index (χ2v) is 3.75. The van der Waals surface area contributed by atoms with Gasteiger partial charge < -0.3 is 5.11 Å². The average Bonchev–Trinajstić information content (AvgIpc) is 2.09. The van der Waals surface area contributed by atoms with Crippen molar-refractivity contribution in [3.05, 3.63) is 12.2 Å². The van der Waals surface area contributed by atoms with E-state index in [9.17, 15) is 0 Å². The highest BCUT2D eigenvalue weighted by Gasteiger charge is 1.90. The summed E-state index contributed by atoms with van der Waals surface area (Å²) in [7, 11) is 0. The third-order valence-corrected chi connectivity index (χ3v) is 2.14. The normalized spacial score (nSPS) is 13.8. The van der Waals surface area contributed by atoms with Gasteiger partial charge in [0.15, 0.2) is 0 Å². The third-order valence-electron chi connectivity index (χ3n) is 2.14. The Kier molecular flexibility index (Phi) is 9.56. The molecule has 1 unspecified atom stereocenters. The fraction of sp³-hybridized carbons (Fsp3) is 0.833. The van der Waals surface area contributed by atoms with E-state index in [0.717, 1.165) is 12.8 Å². The highest BCUT2D eigenvalue weighted by Crippen LogP contribution is 2.04. The quantitative estimate of drug-likeness (QED) is 0.451. The highest BCUT2D eigenvalue weighted by atomic mass is 16.3. The van der Waals surface area contributed by atoms with Gasteiger partial charge in [0, 0.05) is 0 Å². The molecular weight excluding hydrogens is 160 g/mol. The minimum Gasteiger partial charge on any atom is -0.393 e. The second-order valence-electron chi connectivity index (χ2n) is 3.75. The molecule has 0 radical (unpaired) electrons. The van der Waals surface area contributed by atoms with Gasteiger partial charge in [0.1, 0.15) is 0 Å². The van der Waals surface area contributed by atoms with E-state index in [2.05, 4.69) is 19.1 Å². The van der Waals surface area contributed by atoms with Crippen LogP contribution in [0.3, 0.4) is 0 Å². The van der Waals surface area contributed by atoms with E-state index in [0.29, 0.717) is 0 Å². The minimum atomic E-state index is -0.148. The van der Waals surface area contributed by atoms with Gasteiger partial charge in [-0.1, -0.05) is 38.3 Å². The fourth-order valence-electron chi connectivity index (χ4n) is 1.26. The van der Waals surface area contributed by atoms with Crippen LogP contribution in [-0.4, -0.2) is 11.2 Å². The standard InChI is InChI=1S/C12H24O/c1-3-4-5-6-7-8-9-10-11-12(2)13/h8-9,12-13H,3-7,10-11H2,1-2H3/b9-8-. The topological polar surface area (TPSA) is 20.2 Å². The van der Waals surface area contributed by atoms with E-state index in [1.54, 1.807) is 0 Å². The van der Waals surface area contributed by atoms with Gasteiger partial charge in [0.2, 0.25) is 0 Å². The van der Waals surface area contributed by atoms with Crippen molar-refractivity contribution < 1.29 is 5.11 Å². The molecular formula is C12H24O. The van der Waals surface area contributed by atoms with Crippen LogP contribution in [0.25, 0.3) is 0 Å². The Balaban J connectivity index is 3.03. The van der Waals surface area contributed by atoms with E-state index >= 15 is 0 Å². The van der Waals surface area contributed by atoms with Crippen molar-refractivity contribution in [2.45, 2.75) is 64.9 Å². The van der Waals surface area contributed by atoms with Crippen molar-refractivity contribution in [3.63, 3.8) is 0 Å². The second kappa shape index (κ2) is 9.79. The van der Waals surface area contributed by atoms with Crippen molar-refractivity contribution >= 4 is 0 Å². The summed E-state index contributed by atoms with van der Waals surface area (Å²) in [6, 6.07) is 0. The summed E-state index contributed by atoms with van der Waals surface area (Å²) in [6.45, 7) is 4.08. The summed E-state index contributed by atoms with van der Waals surface area (Å²) >= 11 is 0. The first-order valence-electron chi connectivity index (χ1n) is 5.60. The molecule has 0 aliphatic carbocycles. The zero-order valence-corrected chi connectivity index (χ0v) is 9.13. The van der Waals surface area contributed by atoms with E-state index < -0.39 is 0 Å². The minimum absolute atomic E-state index is 0.148. The van der Waals surface area contributed by atoms with Crippen molar-refractivity contribution in [2.24, 2.45) is 0 Å². The number of unbranched alkanes of at least 4 members (excludes halogenated alkanes) is 4. The zero-order chi connectivity index (χ0) is 9.94. The van der Waals surface area contributed by atoms with Gasteiger partial charge in [-0.05, 0) is 32.6 Å². The van der Waals surface area contributed by atoms with Crippen molar-refractivity contribution in [2.75, 3.05) is 0 Å². The van der Waals surface area contributed by atoms with Crippen LogP contribution in [0.5, 0.6) is 0 Å². The maximum absolute atomic E-state index is 8.99. The molecule has 0 amide bonds. The molecule has 0 aliphatic rings. The monoisotopic (exact) mass is 184 g/mol. The van der Waals surface area contributed by atoms with Crippen LogP contribution in [0.1, 0.15) is 58.8 Å². The van der Waals surface area contributed by atoms with Gasteiger partial charge >= 0.3 is 0 Å². The van der Waals surface area contributed by atoms with Crippen LogP contribution in [0.2, 0.25) is 0 Å². The van der Waals surface area contributed by atoms with Crippen LogP contribution in [0.4, 0.5) is 0 Å². The molecule has 1 nitrogen and oxygen atoms in total. The van der Waals surface area contributed by atoms with Crippen LogP contribution < -0.4 is 0 Å². The average molecular weight is 184 g/mol. The van der Waals surface area contributed by atoms with Crippen molar-refractivity contribution in [1.82, 2.24) is 0 Å². The van der Waals surface area contributed by atoms with Gasteiger partial charge in [-0.25, -0.2) is 0 Å². The number of rotatable bonds is 8. The molecule has 1 heteroatoms. The number of hydrogen-bond acceptors (Lipinski definition) is 1. The summed E-state index contributed by atoms with van der Waals surface area (Å²) in [4.78, 5) is 0. The highest BCUT2D eigenvalue weighted by molar-refractivity contribution is 4.81. The Labute approximate surface area is 82.9 Å². The van der Waals surface area contributed by atoms with E-state index in [1.165, 1.54) is 32.1 Å². The molecule has 0 fully saturated rings. The zero-order valence-electron chi connectivity index (χ0n) is 9.13. The maximum atomic E-state index is 8.99. The van der Waals surface area contributed by atoms with E-state index in [4.69, 9.17) is 5.11 Å². The van der Waals surface area contributed by atoms with Crippen molar-refractivity contribution in [1.29, 1.82) is 0 Å². The largest absolute Gasteiger partial charge is 0.393 e. The number of hydrogen-bond donors (Lipinski definition) is 1. The van der Waals surface area contributed by atoms with Crippen molar-refractivity contribution in [3.8, 4) is 0 Å². The Bertz CT molecular complexity index is 116. The Hall–Kier alpha value is -0.300. The first-order valence-corrected chi connectivity index (χ1v) is 5.60. The lowest BCUT2D eigenvalue weighted by Gasteiger charge is -1.98. The van der Waals surface area contributed by atoms with Crippen LogP contribution >= 0.6 is 0 Å². The van der Waals surface area contributed by atoms with Gasteiger partial charge in [0.05, 0.1) is 6.10 Å². The molecule has 0 aromatic rings. The molecule has 1 atom stereocenters. The molecule has 0 saturated heterocycles. The van der Waals surface area contributed by atoms with Gasteiger partial charge in [-0.3, -0.25) is 0 Å². The maximum Gasteiger partial charge on any atom is 0.0515 e. The van der Waals surface area contributed by atoms with Gasteiger partial charge in [-0.15, -0.1) is 0 Å². The van der Waals surface area contributed by atoms with Crippen LogP contribution in [0.15, 0.2) is 12.2 Å². The SMILES string of the molecule is CCCCCC/C=C\CCC(C)O. The summed E-state index contributed by atoms with van der Waals surface area (Å²) in [6.07, 6.45) is 12.8. The molecule has 0 heterocycles. The Morgan fingerprint density at radius 1 is 1.08 bits per heavy atom. The molecule has 78 valence electrons. The first kappa shape index (κ1) is 12.7.